The number of carbonyl (C=O) groups is 3. The third-order valence-electron chi connectivity index (χ3n) is 3.27. The second-order valence-corrected chi connectivity index (χ2v) is 4.21. The number of amides is 2. The number of ether oxygens (including phenoxy) is 1. The van der Waals surface area contributed by atoms with Gasteiger partial charge in [0.15, 0.2) is 0 Å². The second kappa shape index (κ2) is 4.23. The minimum atomic E-state index is -0.510. The van der Waals surface area contributed by atoms with Crippen LogP contribution in [0, 0.1) is 11.8 Å². The Balaban J connectivity index is 2.03. The Labute approximate surface area is 93.7 Å². The number of carbonyl (C=O) groups excluding carboxylic acids is 3. The molecule has 0 spiro atoms. The molecule has 88 valence electrons. The van der Waals surface area contributed by atoms with E-state index in [-0.39, 0.29) is 36.8 Å². The van der Waals surface area contributed by atoms with Crippen LogP contribution in [0.5, 0.6) is 0 Å². The van der Waals surface area contributed by atoms with Gasteiger partial charge in [-0.15, -0.1) is 0 Å². The molecule has 0 aromatic rings. The van der Waals surface area contributed by atoms with Crippen molar-refractivity contribution in [2.75, 3.05) is 13.2 Å². The van der Waals surface area contributed by atoms with Gasteiger partial charge in [0.1, 0.15) is 6.54 Å². The number of rotatable bonds is 3. The van der Waals surface area contributed by atoms with E-state index in [1.807, 2.05) is 0 Å². The zero-order chi connectivity index (χ0) is 11.7. The van der Waals surface area contributed by atoms with Crippen LogP contribution in [0.1, 0.15) is 26.2 Å². The van der Waals surface area contributed by atoms with Crippen LogP contribution < -0.4 is 0 Å². The molecular weight excluding hydrogens is 210 g/mol. The van der Waals surface area contributed by atoms with Crippen molar-refractivity contribution in [1.29, 1.82) is 0 Å². The van der Waals surface area contributed by atoms with Crippen LogP contribution in [0.2, 0.25) is 0 Å². The molecule has 5 nitrogen and oxygen atoms in total. The molecule has 1 heterocycles. The van der Waals surface area contributed by atoms with E-state index in [1.165, 1.54) is 0 Å². The van der Waals surface area contributed by atoms with E-state index in [1.54, 1.807) is 6.92 Å². The maximum atomic E-state index is 11.8. The minimum Gasteiger partial charge on any atom is -0.465 e. The molecule has 5 heteroatoms. The van der Waals surface area contributed by atoms with Crippen LogP contribution in [0.3, 0.4) is 0 Å². The summed E-state index contributed by atoms with van der Waals surface area (Å²) in [4.78, 5) is 36.0. The number of hydrogen-bond acceptors (Lipinski definition) is 4. The summed E-state index contributed by atoms with van der Waals surface area (Å²) in [6.45, 7) is 1.74. The van der Waals surface area contributed by atoms with Gasteiger partial charge in [0.2, 0.25) is 11.8 Å². The van der Waals surface area contributed by atoms with Gasteiger partial charge in [-0.2, -0.15) is 0 Å². The quantitative estimate of drug-likeness (QED) is 0.513. The van der Waals surface area contributed by atoms with Crippen molar-refractivity contribution < 1.29 is 19.1 Å². The first kappa shape index (κ1) is 11.1. The summed E-state index contributed by atoms with van der Waals surface area (Å²) in [6.07, 6.45) is 2.48. The topological polar surface area (TPSA) is 63.7 Å². The SMILES string of the molecule is CCOC(=O)CN1C(=O)C2CCCC2C1=O. The third-order valence-corrected chi connectivity index (χ3v) is 3.27. The highest BCUT2D eigenvalue weighted by atomic mass is 16.5. The van der Waals surface area contributed by atoms with Crippen LogP contribution in [-0.4, -0.2) is 35.8 Å². The van der Waals surface area contributed by atoms with E-state index >= 15 is 0 Å². The lowest BCUT2D eigenvalue weighted by Gasteiger charge is -2.14. The minimum absolute atomic E-state index is 0.179. The molecule has 0 N–H and O–H groups in total. The maximum Gasteiger partial charge on any atom is 0.326 e. The lowest BCUT2D eigenvalue weighted by molar-refractivity contribution is -0.152. The van der Waals surface area contributed by atoms with E-state index in [0.29, 0.717) is 0 Å². The first-order valence-corrected chi connectivity index (χ1v) is 5.66. The molecule has 16 heavy (non-hydrogen) atoms. The molecule has 1 saturated carbocycles. The first-order valence-electron chi connectivity index (χ1n) is 5.66. The van der Waals surface area contributed by atoms with E-state index in [0.717, 1.165) is 24.2 Å². The van der Waals surface area contributed by atoms with Crippen LogP contribution in [-0.2, 0) is 19.1 Å². The Kier molecular flexibility index (Phi) is 2.94. The van der Waals surface area contributed by atoms with Crippen molar-refractivity contribution in [1.82, 2.24) is 4.90 Å². The molecule has 2 amide bonds. The highest BCUT2D eigenvalue weighted by Gasteiger charge is 2.50. The largest absolute Gasteiger partial charge is 0.465 e. The van der Waals surface area contributed by atoms with Gasteiger partial charge in [-0.3, -0.25) is 19.3 Å². The molecule has 0 aromatic heterocycles. The second-order valence-electron chi connectivity index (χ2n) is 4.21. The van der Waals surface area contributed by atoms with Crippen LogP contribution in [0.15, 0.2) is 0 Å². The zero-order valence-corrected chi connectivity index (χ0v) is 9.27. The number of fused-ring (bicyclic) bond motifs is 1. The molecule has 0 bridgehead atoms. The fraction of sp³-hybridized carbons (Fsp3) is 0.727. The van der Waals surface area contributed by atoms with Gasteiger partial charge >= 0.3 is 5.97 Å². The summed E-state index contributed by atoms with van der Waals surface area (Å²) >= 11 is 0. The lowest BCUT2D eigenvalue weighted by Crippen LogP contribution is -2.37. The fourth-order valence-corrected chi connectivity index (χ4v) is 2.55. The van der Waals surface area contributed by atoms with Gasteiger partial charge in [-0.05, 0) is 19.8 Å². The molecule has 1 aliphatic heterocycles. The average Bonchev–Trinajstić information content (AvgIpc) is 2.79. The van der Waals surface area contributed by atoms with Gasteiger partial charge in [0.25, 0.3) is 0 Å². The zero-order valence-electron chi connectivity index (χ0n) is 9.27. The normalized spacial score (nSPS) is 28.4. The molecule has 1 saturated heterocycles. The van der Waals surface area contributed by atoms with Crippen molar-refractivity contribution in [2.24, 2.45) is 11.8 Å². The Morgan fingerprint density at radius 3 is 2.38 bits per heavy atom. The van der Waals surface area contributed by atoms with Gasteiger partial charge in [-0.1, -0.05) is 6.42 Å². The third kappa shape index (κ3) is 1.70. The summed E-state index contributed by atoms with van der Waals surface area (Å²) in [5.41, 5.74) is 0. The fourth-order valence-electron chi connectivity index (χ4n) is 2.55. The molecule has 2 fully saturated rings. The standard InChI is InChI=1S/C11H15NO4/c1-2-16-9(13)6-12-10(14)7-4-3-5-8(7)11(12)15/h7-8H,2-6H2,1H3. The molecule has 2 unspecified atom stereocenters. The van der Waals surface area contributed by atoms with Crippen molar-refractivity contribution in [2.45, 2.75) is 26.2 Å². The highest BCUT2D eigenvalue weighted by Crippen LogP contribution is 2.39. The van der Waals surface area contributed by atoms with Gasteiger partial charge in [0.05, 0.1) is 18.4 Å². The monoisotopic (exact) mass is 225 g/mol. The average molecular weight is 225 g/mol. The Morgan fingerprint density at radius 2 is 1.88 bits per heavy atom. The van der Waals surface area contributed by atoms with Crippen molar-refractivity contribution in [3.8, 4) is 0 Å². The molecule has 1 aliphatic carbocycles. The van der Waals surface area contributed by atoms with E-state index in [4.69, 9.17) is 4.74 Å². The van der Waals surface area contributed by atoms with E-state index in [9.17, 15) is 14.4 Å². The van der Waals surface area contributed by atoms with E-state index < -0.39 is 5.97 Å². The molecule has 0 radical (unpaired) electrons. The Hall–Kier alpha value is -1.39. The summed E-state index contributed by atoms with van der Waals surface area (Å²) < 4.78 is 4.74. The number of hydrogen-bond donors (Lipinski definition) is 0. The van der Waals surface area contributed by atoms with Crippen molar-refractivity contribution in [3.63, 3.8) is 0 Å². The Morgan fingerprint density at radius 1 is 1.31 bits per heavy atom. The first-order chi connectivity index (χ1) is 7.65. The predicted octanol–water partition coefficient (Wildman–Crippen LogP) is 0.335. The molecule has 2 rings (SSSR count). The number of nitrogens with zero attached hydrogens (tertiary/aromatic N) is 1. The lowest BCUT2D eigenvalue weighted by atomic mass is 10.00. The number of imide groups is 1. The summed E-state index contributed by atoms with van der Waals surface area (Å²) in [5, 5.41) is 0. The molecular formula is C11H15NO4. The predicted molar refractivity (Wildman–Crippen MR) is 54.2 cm³/mol. The van der Waals surface area contributed by atoms with Crippen LogP contribution in [0.4, 0.5) is 0 Å². The maximum absolute atomic E-state index is 11.8. The molecule has 2 aliphatic rings. The number of esters is 1. The van der Waals surface area contributed by atoms with Crippen LogP contribution in [0.25, 0.3) is 0 Å². The van der Waals surface area contributed by atoms with Gasteiger partial charge in [-0.25, -0.2) is 0 Å². The van der Waals surface area contributed by atoms with Crippen LogP contribution >= 0.6 is 0 Å². The summed E-state index contributed by atoms with van der Waals surface area (Å²) in [6, 6.07) is 0. The summed E-state index contributed by atoms with van der Waals surface area (Å²) in [7, 11) is 0. The molecule has 0 aromatic carbocycles. The van der Waals surface area contributed by atoms with Gasteiger partial charge in [0, 0.05) is 0 Å². The highest BCUT2D eigenvalue weighted by molar-refractivity contribution is 6.07. The molecule has 2 atom stereocenters. The van der Waals surface area contributed by atoms with Gasteiger partial charge < -0.3 is 4.74 Å². The van der Waals surface area contributed by atoms with Crippen molar-refractivity contribution >= 4 is 17.8 Å². The van der Waals surface area contributed by atoms with Crippen molar-refractivity contribution in [3.05, 3.63) is 0 Å². The number of likely N-dealkylation sites (tertiary alicyclic amines) is 1. The van der Waals surface area contributed by atoms with E-state index in [2.05, 4.69) is 0 Å². The smallest absolute Gasteiger partial charge is 0.326 e. The summed E-state index contributed by atoms with van der Waals surface area (Å²) in [5.74, 6) is -1.26. The Bertz CT molecular complexity index is 317.